The molecule has 0 unspecified atom stereocenters. The third-order valence-electron chi connectivity index (χ3n) is 3.04. The topological polar surface area (TPSA) is 66.1 Å². The fraction of sp³-hybridized carbons (Fsp3) is 0.214. The molecule has 0 amide bonds. The lowest BCUT2D eigenvalue weighted by molar-refractivity contribution is -0.144. The minimum Gasteiger partial charge on any atom is -0.472 e. The van der Waals surface area contributed by atoms with E-state index < -0.39 is 34.8 Å². The van der Waals surface area contributed by atoms with Crippen molar-refractivity contribution < 1.29 is 22.3 Å². The summed E-state index contributed by atoms with van der Waals surface area (Å²) in [6.07, 6.45) is -3.60. The molecule has 2 rings (SSSR count). The van der Waals surface area contributed by atoms with E-state index in [1.54, 1.807) is 0 Å². The quantitative estimate of drug-likeness (QED) is 0.604. The van der Waals surface area contributed by atoms with Crippen LogP contribution in [0.15, 0.2) is 34.4 Å². The van der Waals surface area contributed by atoms with Crippen molar-refractivity contribution in [3.8, 4) is 11.7 Å². The van der Waals surface area contributed by atoms with E-state index in [0.29, 0.717) is 0 Å². The predicted molar refractivity (Wildman–Crippen MR) is 80.7 cm³/mol. The van der Waals surface area contributed by atoms with Gasteiger partial charge in [0.1, 0.15) is 17.3 Å². The van der Waals surface area contributed by atoms with Gasteiger partial charge >= 0.3 is 11.9 Å². The van der Waals surface area contributed by atoms with Crippen LogP contribution in [0.4, 0.5) is 17.6 Å². The van der Waals surface area contributed by atoms with Gasteiger partial charge in [0.2, 0.25) is 5.88 Å². The molecule has 0 saturated carbocycles. The molecule has 0 aliphatic rings. The average Bonchev–Trinajstić information content (AvgIpc) is 2.50. The molecule has 0 spiro atoms. The van der Waals surface area contributed by atoms with Gasteiger partial charge in [-0.25, -0.2) is 13.8 Å². The van der Waals surface area contributed by atoms with Gasteiger partial charge in [-0.2, -0.15) is 18.2 Å². The van der Waals surface area contributed by atoms with E-state index >= 15 is 0 Å². The molecule has 6 nitrogen and oxygen atoms in total. The fourth-order valence-electron chi connectivity index (χ4n) is 1.93. The van der Waals surface area contributed by atoms with Crippen molar-refractivity contribution in [1.29, 1.82) is 0 Å². The molecular formula is C14H10ClF4N3O3. The molecule has 0 aromatic carbocycles. The number of alkyl halides is 3. The van der Waals surface area contributed by atoms with Gasteiger partial charge < -0.3 is 4.74 Å². The second-order valence-corrected chi connectivity index (χ2v) is 5.13. The summed E-state index contributed by atoms with van der Waals surface area (Å²) in [5.74, 6) is -2.33. The molecule has 0 saturated heterocycles. The summed E-state index contributed by atoms with van der Waals surface area (Å²) >= 11 is 5.74. The number of aromatic nitrogens is 3. The van der Waals surface area contributed by atoms with Crippen LogP contribution in [0.5, 0.6) is 5.88 Å². The molecule has 2 aromatic heterocycles. The second kappa shape index (κ2) is 6.71. The van der Waals surface area contributed by atoms with Crippen LogP contribution in [0.1, 0.15) is 5.69 Å². The third-order valence-corrected chi connectivity index (χ3v) is 3.31. The van der Waals surface area contributed by atoms with Gasteiger partial charge in [0.15, 0.2) is 11.6 Å². The van der Waals surface area contributed by atoms with Crippen LogP contribution in [0.3, 0.4) is 0 Å². The lowest BCUT2D eigenvalue weighted by Crippen LogP contribution is -2.41. The standard InChI is InChI=1S/C14H10ClF4N3O3/c1-3-4-25-12-7(15)5-8(16)11(20-12)22-10(23)6-9(14(17,18)19)21(2)13(22)24/h3,5-6H,1,4H2,2H3. The van der Waals surface area contributed by atoms with Crippen molar-refractivity contribution in [1.82, 2.24) is 14.1 Å². The Morgan fingerprint density at radius 2 is 2.00 bits per heavy atom. The summed E-state index contributed by atoms with van der Waals surface area (Å²) < 4.78 is 58.0. The SMILES string of the molecule is C=CCOc1nc(-n2c(=O)cc(C(F)(F)F)n(C)c2=O)c(F)cc1Cl. The van der Waals surface area contributed by atoms with E-state index in [9.17, 15) is 27.2 Å². The number of hydrogen-bond donors (Lipinski definition) is 0. The van der Waals surface area contributed by atoms with E-state index in [-0.39, 0.29) is 32.7 Å². The number of pyridine rings is 1. The van der Waals surface area contributed by atoms with Crippen LogP contribution in [-0.4, -0.2) is 20.7 Å². The first-order valence-electron chi connectivity index (χ1n) is 6.58. The van der Waals surface area contributed by atoms with Gasteiger partial charge in [-0.15, -0.1) is 0 Å². The fourth-order valence-corrected chi connectivity index (χ4v) is 2.12. The Balaban J connectivity index is 2.75. The minimum absolute atomic E-state index is 0.0578. The predicted octanol–water partition coefficient (Wildman–Crippen LogP) is 2.31. The summed E-state index contributed by atoms with van der Waals surface area (Å²) in [6, 6.07) is 0.896. The highest BCUT2D eigenvalue weighted by Crippen LogP contribution is 2.28. The van der Waals surface area contributed by atoms with Gasteiger partial charge in [0.05, 0.1) is 0 Å². The average molecular weight is 380 g/mol. The van der Waals surface area contributed by atoms with Crippen LogP contribution in [0, 0.1) is 5.82 Å². The van der Waals surface area contributed by atoms with Gasteiger partial charge in [-0.3, -0.25) is 9.36 Å². The van der Waals surface area contributed by atoms with Crippen LogP contribution in [-0.2, 0) is 13.2 Å². The van der Waals surface area contributed by atoms with Crippen LogP contribution < -0.4 is 16.0 Å². The molecule has 0 N–H and O–H groups in total. The Labute approximate surface area is 142 Å². The highest BCUT2D eigenvalue weighted by atomic mass is 35.5. The highest BCUT2D eigenvalue weighted by molar-refractivity contribution is 6.31. The number of halogens is 5. The number of rotatable bonds is 4. The summed E-state index contributed by atoms with van der Waals surface area (Å²) in [5, 5.41) is -0.250. The first kappa shape index (κ1) is 18.7. The molecule has 11 heteroatoms. The molecule has 2 aromatic rings. The van der Waals surface area contributed by atoms with Gasteiger partial charge in [0, 0.05) is 19.2 Å². The maximum absolute atomic E-state index is 14.1. The van der Waals surface area contributed by atoms with E-state index in [1.807, 2.05) is 0 Å². The van der Waals surface area contributed by atoms with Crippen LogP contribution in [0.25, 0.3) is 5.82 Å². The van der Waals surface area contributed by atoms with Crippen molar-refractivity contribution in [2.24, 2.45) is 7.05 Å². The Hall–Kier alpha value is -2.62. The summed E-state index contributed by atoms with van der Waals surface area (Å²) in [6.45, 7) is 3.33. The monoisotopic (exact) mass is 379 g/mol. The zero-order chi connectivity index (χ0) is 18.9. The lowest BCUT2D eigenvalue weighted by Gasteiger charge is -2.14. The minimum atomic E-state index is -4.93. The van der Waals surface area contributed by atoms with Gasteiger partial charge in [-0.1, -0.05) is 24.3 Å². The number of hydrogen-bond acceptors (Lipinski definition) is 4. The lowest BCUT2D eigenvalue weighted by atomic mass is 10.3. The number of nitrogens with zero attached hydrogens (tertiary/aromatic N) is 3. The summed E-state index contributed by atoms with van der Waals surface area (Å²) in [7, 11) is 0.796. The van der Waals surface area contributed by atoms with E-state index in [1.165, 1.54) is 6.08 Å². The molecule has 25 heavy (non-hydrogen) atoms. The second-order valence-electron chi connectivity index (χ2n) is 4.72. The molecular weight excluding hydrogens is 370 g/mol. The normalized spacial score (nSPS) is 11.4. The maximum Gasteiger partial charge on any atom is 0.431 e. The molecule has 0 radical (unpaired) electrons. The van der Waals surface area contributed by atoms with Gasteiger partial charge in [-0.05, 0) is 0 Å². The van der Waals surface area contributed by atoms with Crippen molar-refractivity contribution in [2.45, 2.75) is 6.18 Å². The summed E-state index contributed by atoms with van der Waals surface area (Å²) in [5.41, 5.74) is -4.31. The molecule has 0 atom stereocenters. The molecule has 0 fully saturated rings. The van der Waals surface area contributed by atoms with Crippen LogP contribution >= 0.6 is 11.6 Å². The van der Waals surface area contributed by atoms with E-state index in [4.69, 9.17) is 16.3 Å². The number of ether oxygens (including phenoxy) is 1. The van der Waals surface area contributed by atoms with Crippen molar-refractivity contribution in [3.63, 3.8) is 0 Å². The van der Waals surface area contributed by atoms with Crippen molar-refractivity contribution >= 4 is 11.6 Å². The van der Waals surface area contributed by atoms with Crippen molar-refractivity contribution in [3.05, 3.63) is 62.2 Å². The summed E-state index contributed by atoms with van der Waals surface area (Å²) in [4.78, 5) is 27.8. The van der Waals surface area contributed by atoms with Crippen molar-refractivity contribution in [2.75, 3.05) is 6.61 Å². The maximum atomic E-state index is 14.1. The van der Waals surface area contributed by atoms with E-state index in [0.717, 1.165) is 13.1 Å². The van der Waals surface area contributed by atoms with Gasteiger partial charge in [0.25, 0.3) is 5.56 Å². The Kier molecular flexibility index (Phi) is 5.02. The van der Waals surface area contributed by atoms with Crippen LogP contribution in [0.2, 0.25) is 5.02 Å². The first-order valence-corrected chi connectivity index (χ1v) is 6.96. The zero-order valence-electron chi connectivity index (χ0n) is 12.6. The third kappa shape index (κ3) is 3.58. The zero-order valence-corrected chi connectivity index (χ0v) is 13.4. The first-order chi connectivity index (χ1) is 11.6. The highest BCUT2D eigenvalue weighted by Gasteiger charge is 2.35. The molecule has 0 aliphatic carbocycles. The van der Waals surface area contributed by atoms with E-state index in [2.05, 4.69) is 11.6 Å². The molecule has 2 heterocycles. The molecule has 134 valence electrons. The Morgan fingerprint density at radius 3 is 2.56 bits per heavy atom. The Bertz CT molecular complexity index is 950. The molecule has 0 aliphatic heterocycles. The smallest absolute Gasteiger partial charge is 0.431 e. The Morgan fingerprint density at radius 1 is 1.36 bits per heavy atom. The molecule has 0 bridgehead atoms. The largest absolute Gasteiger partial charge is 0.472 e.